The van der Waals surface area contributed by atoms with Gasteiger partial charge in [0.2, 0.25) is 0 Å². The van der Waals surface area contributed by atoms with Crippen molar-refractivity contribution in [1.29, 1.82) is 0 Å². The molecule has 1 unspecified atom stereocenters. The number of halogens is 4. The fourth-order valence-corrected chi connectivity index (χ4v) is 3.40. The molecule has 2 aromatic carbocycles. The number of hydrogen-bond acceptors (Lipinski definition) is 2. The second kappa shape index (κ2) is 6.89. The molecule has 2 aromatic rings. The molecule has 1 atom stereocenters. The van der Waals surface area contributed by atoms with Crippen LogP contribution >= 0.6 is 39.3 Å². The highest BCUT2D eigenvalue weighted by molar-refractivity contribution is 9.10. The van der Waals surface area contributed by atoms with Gasteiger partial charge in [0.05, 0.1) is 15.6 Å². The molecule has 0 saturated heterocycles. The van der Waals surface area contributed by atoms with E-state index < -0.39 is 17.7 Å². The molecule has 0 bridgehead atoms. The van der Waals surface area contributed by atoms with Crippen LogP contribution in [0.4, 0.5) is 8.78 Å². The van der Waals surface area contributed by atoms with Gasteiger partial charge in [-0.05, 0) is 39.7 Å². The van der Waals surface area contributed by atoms with Crippen molar-refractivity contribution in [3.63, 3.8) is 0 Å². The molecule has 0 radical (unpaired) electrons. The summed E-state index contributed by atoms with van der Waals surface area (Å²) in [6, 6.07) is 9.60. The summed E-state index contributed by atoms with van der Waals surface area (Å²) < 4.78 is 26.4. The van der Waals surface area contributed by atoms with Gasteiger partial charge in [0, 0.05) is 10.6 Å². The van der Waals surface area contributed by atoms with E-state index in [0.717, 1.165) is 11.0 Å². The van der Waals surface area contributed by atoms with Crippen molar-refractivity contribution < 1.29 is 13.9 Å². The minimum atomic E-state index is -0.996. The standard InChI is InChI=1S/C14H10BrClF2OS/c15-13-8(5-6-10(17)14(13)18)11(19)7-20-12-4-2-1-3-9(12)16/h1-6,11,19H,7H2. The van der Waals surface area contributed by atoms with Crippen molar-refractivity contribution >= 4 is 39.3 Å². The predicted molar refractivity (Wildman–Crippen MR) is 81.2 cm³/mol. The predicted octanol–water partition coefficient (Wildman–Crippen LogP) is 5.21. The lowest BCUT2D eigenvalue weighted by atomic mass is 10.1. The van der Waals surface area contributed by atoms with Crippen LogP contribution in [0.5, 0.6) is 0 Å². The number of rotatable bonds is 4. The van der Waals surface area contributed by atoms with Gasteiger partial charge in [-0.15, -0.1) is 11.8 Å². The van der Waals surface area contributed by atoms with Gasteiger partial charge in [-0.3, -0.25) is 0 Å². The van der Waals surface area contributed by atoms with E-state index in [-0.39, 0.29) is 10.2 Å². The second-order valence-electron chi connectivity index (χ2n) is 4.02. The molecular weight excluding hydrogens is 370 g/mol. The number of aliphatic hydroxyl groups excluding tert-OH is 1. The Bertz CT molecular complexity index is 624. The van der Waals surface area contributed by atoms with E-state index in [1.807, 2.05) is 18.2 Å². The number of thioether (sulfide) groups is 1. The maximum absolute atomic E-state index is 13.4. The van der Waals surface area contributed by atoms with Gasteiger partial charge in [-0.25, -0.2) is 8.78 Å². The van der Waals surface area contributed by atoms with Crippen molar-refractivity contribution in [2.75, 3.05) is 5.75 Å². The quantitative estimate of drug-likeness (QED) is 0.581. The Balaban J connectivity index is 2.11. The molecule has 0 spiro atoms. The molecule has 2 rings (SSSR count). The third-order valence-corrected chi connectivity index (χ3v) is 5.05. The van der Waals surface area contributed by atoms with E-state index in [4.69, 9.17) is 11.6 Å². The van der Waals surface area contributed by atoms with E-state index in [1.165, 1.54) is 17.8 Å². The van der Waals surface area contributed by atoms with Gasteiger partial charge in [-0.2, -0.15) is 0 Å². The lowest BCUT2D eigenvalue weighted by Crippen LogP contribution is -2.04. The van der Waals surface area contributed by atoms with E-state index in [1.54, 1.807) is 6.07 Å². The first-order valence-corrected chi connectivity index (χ1v) is 7.85. The largest absolute Gasteiger partial charge is 0.387 e. The Labute approximate surface area is 133 Å². The van der Waals surface area contributed by atoms with Crippen LogP contribution in [0.1, 0.15) is 11.7 Å². The van der Waals surface area contributed by atoms with Crippen LogP contribution < -0.4 is 0 Å². The molecular formula is C14H10BrClF2OS. The summed E-state index contributed by atoms with van der Waals surface area (Å²) in [7, 11) is 0. The molecule has 1 nitrogen and oxygen atoms in total. The van der Waals surface area contributed by atoms with Crippen molar-refractivity contribution in [2.45, 2.75) is 11.0 Å². The van der Waals surface area contributed by atoms with E-state index >= 15 is 0 Å². The minimum absolute atomic E-state index is 0.0511. The average Bonchev–Trinajstić information content (AvgIpc) is 2.44. The summed E-state index contributed by atoms with van der Waals surface area (Å²) in [5.74, 6) is -1.66. The van der Waals surface area contributed by atoms with Crippen LogP contribution in [0.25, 0.3) is 0 Å². The van der Waals surface area contributed by atoms with E-state index in [0.29, 0.717) is 10.6 Å². The van der Waals surface area contributed by atoms with Crippen molar-refractivity contribution in [3.05, 3.63) is 63.1 Å². The number of benzene rings is 2. The third-order valence-electron chi connectivity index (χ3n) is 2.66. The SMILES string of the molecule is OC(CSc1ccccc1Cl)c1ccc(F)c(F)c1Br. The molecule has 0 amide bonds. The lowest BCUT2D eigenvalue weighted by Gasteiger charge is -2.13. The van der Waals surface area contributed by atoms with Gasteiger partial charge in [-0.1, -0.05) is 29.8 Å². The Hall–Kier alpha value is -0.620. The summed E-state index contributed by atoms with van der Waals surface area (Å²) in [6.07, 6.45) is -0.930. The highest BCUT2D eigenvalue weighted by Gasteiger charge is 2.17. The number of hydrogen-bond donors (Lipinski definition) is 1. The van der Waals surface area contributed by atoms with Crippen LogP contribution in [0.3, 0.4) is 0 Å². The van der Waals surface area contributed by atoms with Crippen LogP contribution in [0.15, 0.2) is 45.8 Å². The Kier molecular flexibility index (Phi) is 5.43. The van der Waals surface area contributed by atoms with Gasteiger partial charge in [0.25, 0.3) is 0 Å². The smallest absolute Gasteiger partial charge is 0.173 e. The van der Waals surface area contributed by atoms with Crippen LogP contribution in [0, 0.1) is 11.6 Å². The monoisotopic (exact) mass is 378 g/mol. The first-order valence-electron chi connectivity index (χ1n) is 5.69. The molecule has 1 N–H and O–H groups in total. The van der Waals surface area contributed by atoms with E-state index in [2.05, 4.69) is 15.9 Å². The molecule has 0 saturated carbocycles. The van der Waals surface area contributed by atoms with E-state index in [9.17, 15) is 13.9 Å². The molecule has 0 aromatic heterocycles. The summed E-state index contributed by atoms with van der Waals surface area (Å²) in [5.41, 5.74) is 0.309. The van der Waals surface area contributed by atoms with Crippen molar-refractivity contribution in [3.8, 4) is 0 Å². The maximum Gasteiger partial charge on any atom is 0.173 e. The molecule has 6 heteroatoms. The fourth-order valence-electron chi connectivity index (χ4n) is 1.62. The van der Waals surface area contributed by atoms with Gasteiger partial charge >= 0.3 is 0 Å². The summed E-state index contributed by atoms with van der Waals surface area (Å²) in [6.45, 7) is 0. The van der Waals surface area contributed by atoms with Gasteiger partial charge in [0.15, 0.2) is 11.6 Å². The average molecular weight is 380 g/mol. The van der Waals surface area contributed by atoms with Crippen LogP contribution in [0.2, 0.25) is 5.02 Å². The fraction of sp³-hybridized carbons (Fsp3) is 0.143. The highest BCUT2D eigenvalue weighted by atomic mass is 79.9. The molecule has 0 aliphatic carbocycles. The Morgan fingerprint density at radius 2 is 1.90 bits per heavy atom. The molecule has 0 aliphatic rings. The molecule has 106 valence electrons. The second-order valence-corrected chi connectivity index (χ2v) is 6.28. The topological polar surface area (TPSA) is 20.2 Å². The molecule has 0 aliphatic heterocycles. The normalized spacial score (nSPS) is 12.4. The van der Waals surface area contributed by atoms with Crippen LogP contribution in [-0.2, 0) is 0 Å². The Morgan fingerprint density at radius 1 is 1.20 bits per heavy atom. The zero-order valence-corrected chi connectivity index (χ0v) is 13.3. The summed E-state index contributed by atoms with van der Waals surface area (Å²) in [4.78, 5) is 0.826. The maximum atomic E-state index is 13.4. The zero-order valence-electron chi connectivity index (χ0n) is 10.1. The lowest BCUT2D eigenvalue weighted by molar-refractivity contribution is 0.202. The summed E-state index contributed by atoms with van der Waals surface area (Å²) >= 11 is 10.3. The Morgan fingerprint density at radius 3 is 2.60 bits per heavy atom. The number of aliphatic hydroxyl groups is 1. The van der Waals surface area contributed by atoms with Crippen LogP contribution in [-0.4, -0.2) is 10.9 Å². The first kappa shape index (κ1) is 15.8. The zero-order chi connectivity index (χ0) is 14.7. The molecule has 0 heterocycles. The van der Waals surface area contributed by atoms with Crippen molar-refractivity contribution in [2.24, 2.45) is 0 Å². The van der Waals surface area contributed by atoms with Crippen molar-refractivity contribution in [1.82, 2.24) is 0 Å². The summed E-state index contributed by atoms with van der Waals surface area (Å²) in [5, 5.41) is 10.7. The van der Waals surface area contributed by atoms with Gasteiger partial charge in [0.1, 0.15) is 0 Å². The van der Waals surface area contributed by atoms with Gasteiger partial charge < -0.3 is 5.11 Å². The molecule has 0 fully saturated rings. The molecule has 20 heavy (non-hydrogen) atoms. The first-order chi connectivity index (χ1) is 9.50. The minimum Gasteiger partial charge on any atom is -0.387 e. The highest BCUT2D eigenvalue weighted by Crippen LogP contribution is 2.33. The third kappa shape index (κ3) is 3.52.